The van der Waals surface area contributed by atoms with E-state index in [1.165, 1.54) is 12.1 Å². The van der Waals surface area contributed by atoms with E-state index in [9.17, 15) is 21.6 Å². The lowest BCUT2D eigenvalue weighted by Gasteiger charge is -2.25. The summed E-state index contributed by atoms with van der Waals surface area (Å²) in [6, 6.07) is 4.47. The second-order valence-electron chi connectivity index (χ2n) is 6.52. The van der Waals surface area contributed by atoms with E-state index < -0.39 is 27.9 Å². The number of alkyl halides is 3. The van der Waals surface area contributed by atoms with Gasteiger partial charge in [0.25, 0.3) is 0 Å². The van der Waals surface area contributed by atoms with E-state index in [0.29, 0.717) is 25.1 Å². The van der Waals surface area contributed by atoms with Gasteiger partial charge < -0.3 is 10.1 Å². The number of hydrogen-bond acceptors (Lipinski definition) is 4. The van der Waals surface area contributed by atoms with Crippen molar-refractivity contribution in [2.75, 3.05) is 19.6 Å². The molecular formula is C16H21F3N2O3S. The van der Waals surface area contributed by atoms with Crippen LogP contribution in [0.3, 0.4) is 0 Å². The van der Waals surface area contributed by atoms with Gasteiger partial charge in [0.1, 0.15) is 11.9 Å². The van der Waals surface area contributed by atoms with Crippen LogP contribution in [0.4, 0.5) is 13.2 Å². The Hall–Kier alpha value is -1.32. The van der Waals surface area contributed by atoms with Gasteiger partial charge in [-0.15, -0.1) is 0 Å². The monoisotopic (exact) mass is 378 g/mol. The molecule has 9 heteroatoms. The van der Waals surface area contributed by atoms with Crippen LogP contribution in [0.2, 0.25) is 0 Å². The van der Waals surface area contributed by atoms with E-state index in [-0.39, 0.29) is 17.7 Å². The molecule has 0 spiro atoms. The van der Waals surface area contributed by atoms with Crippen molar-refractivity contribution in [2.24, 2.45) is 5.92 Å². The van der Waals surface area contributed by atoms with E-state index in [2.05, 4.69) is 10.0 Å². The maximum Gasteiger partial charge on any atom is 0.416 e. The summed E-state index contributed by atoms with van der Waals surface area (Å²) in [5.74, 6) is 0.403. The normalized spacial score (nSPS) is 22.8. The minimum absolute atomic E-state index is 0.101. The Labute approximate surface area is 145 Å². The predicted octanol–water partition coefficient (Wildman–Crippen LogP) is 2.14. The quantitative estimate of drug-likeness (QED) is 0.763. The smallest absolute Gasteiger partial charge is 0.416 e. The van der Waals surface area contributed by atoms with Crippen LogP contribution in [0, 0.1) is 5.92 Å². The zero-order valence-electron chi connectivity index (χ0n) is 13.6. The Morgan fingerprint density at radius 2 is 1.88 bits per heavy atom. The number of hydrogen-bond donors (Lipinski definition) is 2. The molecule has 0 radical (unpaired) electrons. The number of benzene rings is 1. The zero-order valence-corrected chi connectivity index (χ0v) is 14.4. The van der Waals surface area contributed by atoms with Crippen LogP contribution in [0.25, 0.3) is 0 Å². The average molecular weight is 378 g/mol. The Morgan fingerprint density at radius 1 is 1.20 bits per heavy atom. The van der Waals surface area contributed by atoms with Gasteiger partial charge in [0.2, 0.25) is 10.0 Å². The van der Waals surface area contributed by atoms with E-state index in [1.54, 1.807) is 0 Å². The molecule has 140 valence electrons. The molecule has 3 rings (SSSR count). The molecule has 0 unspecified atom stereocenters. The molecule has 1 aromatic rings. The Balaban J connectivity index is 1.66. The highest BCUT2D eigenvalue weighted by atomic mass is 32.2. The topological polar surface area (TPSA) is 67.4 Å². The third-order valence-corrected chi connectivity index (χ3v) is 6.46. The van der Waals surface area contributed by atoms with Crippen molar-refractivity contribution in [3.63, 3.8) is 0 Å². The number of ether oxygens (including phenoxy) is 1. The number of nitrogens with one attached hydrogen (secondary N) is 2. The second-order valence-corrected chi connectivity index (χ2v) is 8.57. The molecule has 1 aliphatic heterocycles. The molecule has 2 N–H and O–H groups in total. The molecule has 2 aliphatic rings. The molecule has 5 nitrogen and oxygen atoms in total. The first-order valence-corrected chi connectivity index (χ1v) is 9.83. The maximum atomic E-state index is 12.6. The van der Waals surface area contributed by atoms with Crippen LogP contribution >= 0.6 is 0 Å². The van der Waals surface area contributed by atoms with Crippen molar-refractivity contribution < 1.29 is 26.3 Å². The van der Waals surface area contributed by atoms with Crippen molar-refractivity contribution in [3.05, 3.63) is 29.8 Å². The van der Waals surface area contributed by atoms with Gasteiger partial charge in [-0.05, 0) is 50.1 Å². The molecule has 1 saturated carbocycles. The molecule has 0 amide bonds. The highest BCUT2D eigenvalue weighted by Crippen LogP contribution is 2.31. The Morgan fingerprint density at radius 3 is 2.40 bits per heavy atom. The third-order valence-electron chi connectivity index (χ3n) is 4.54. The molecule has 2 fully saturated rings. The van der Waals surface area contributed by atoms with Crippen LogP contribution in [0.15, 0.2) is 24.3 Å². The summed E-state index contributed by atoms with van der Waals surface area (Å²) >= 11 is 0. The third kappa shape index (κ3) is 4.86. The summed E-state index contributed by atoms with van der Waals surface area (Å²) in [6.07, 6.45) is -2.65. The first kappa shape index (κ1) is 18.5. The van der Waals surface area contributed by atoms with Gasteiger partial charge in [0, 0.05) is 19.0 Å². The second kappa shape index (κ2) is 7.13. The van der Waals surface area contributed by atoms with Gasteiger partial charge in [-0.1, -0.05) is 0 Å². The van der Waals surface area contributed by atoms with Gasteiger partial charge in [-0.25, -0.2) is 13.1 Å². The van der Waals surface area contributed by atoms with Crippen molar-refractivity contribution in [1.29, 1.82) is 0 Å². The number of rotatable bonds is 7. The van der Waals surface area contributed by atoms with E-state index in [1.807, 2.05) is 0 Å². The summed E-state index contributed by atoms with van der Waals surface area (Å²) in [6.45, 7) is 1.62. The lowest BCUT2D eigenvalue weighted by Crippen LogP contribution is -2.41. The summed E-state index contributed by atoms with van der Waals surface area (Å²) < 4.78 is 70.4. The molecule has 2 atom stereocenters. The molecule has 0 bridgehead atoms. The van der Waals surface area contributed by atoms with Crippen LogP contribution < -0.4 is 14.8 Å². The van der Waals surface area contributed by atoms with Gasteiger partial charge in [0.05, 0.1) is 10.8 Å². The Bertz CT molecular complexity index is 682. The van der Waals surface area contributed by atoms with Crippen LogP contribution in [-0.2, 0) is 16.2 Å². The standard InChI is InChI=1S/C16H21F3N2O3S/c17-16(18,19)12-1-3-13(4-2-12)24-15(11-7-8-20-9-11)10-21-25(22,23)14-5-6-14/h1-4,11,14-15,20-21H,5-10H2/t11-,15+/m0/s1. The van der Waals surface area contributed by atoms with Crippen molar-refractivity contribution >= 4 is 10.0 Å². The van der Waals surface area contributed by atoms with Gasteiger partial charge >= 0.3 is 6.18 Å². The highest BCUT2D eigenvalue weighted by Gasteiger charge is 2.37. The van der Waals surface area contributed by atoms with Crippen LogP contribution in [-0.4, -0.2) is 39.4 Å². The number of sulfonamides is 1. The highest BCUT2D eigenvalue weighted by molar-refractivity contribution is 7.90. The van der Waals surface area contributed by atoms with Gasteiger partial charge in [-0.3, -0.25) is 0 Å². The first-order valence-electron chi connectivity index (χ1n) is 8.29. The largest absolute Gasteiger partial charge is 0.489 e. The van der Waals surface area contributed by atoms with Gasteiger partial charge in [0.15, 0.2) is 0 Å². The molecular weight excluding hydrogens is 357 g/mol. The lowest BCUT2D eigenvalue weighted by atomic mass is 10.0. The van der Waals surface area contributed by atoms with Gasteiger partial charge in [-0.2, -0.15) is 13.2 Å². The molecule has 1 aromatic carbocycles. The first-order chi connectivity index (χ1) is 11.8. The molecule has 1 heterocycles. The minimum atomic E-state index is -4.40. The summed E-state index contributed by atoms with van der Waals surface area (Å²) in [5.41, 5.74) is -0.742. The van der Waals surface area contributed by atoms with E-state index in [0.717, 1.165) is 25.1 Å². The lowest BCUT2D eigenvalue weighted by molar-refractivity contribution is -0.137. The van der Waals surface area contributed by atoms with Crippen molar-refractivity contribution in [2.45, 2.75) is 36.8 Å². The maximum absolute atomic E-state index is 12.6. The van der Waals surface area contributed by atoms with Crippen molar-refractivity contribution in [3.8, 4) is 5.75 Å². The predicted molar refractivity (Wildman–Crippen MR) is 86.8 cm³/mol. The molecule has 0 aromatic heterocycles. The molecule has 1 aliphatic carbocycles. The van der Waals surface area contributed by atoms with Crippen molar-refractivity contribution in [1.82, 2.24) is 10.0 Å². The summed E-state index contributed by atoms with van der Waals surface area (Å²) in [7, 11) is -3.33. The Kier molecular flexibility index (Phi) is 5.26. The summed E-state index contributed by atoms with van der Waals surface area (Å²) in [4.78, 5) is 0. The van der Waals surface area contributed by atoms with Crippen LogP contribution in [0.5, 0.6) is 5.75 Å². The zero-order chi connectivity index (χ0) is 18.1. The average Bonchev–Trinajstić information content (AvgIpc) is 3.28. The number of halogens is 3. The SMILES string of the molecule is O=S(=O)(NC[C@@H](Oc1ccc(C(F)(F)F)cc1)[C@H]1CCNC1)C1CC1. The van der Waals surface area contributed by atoms with E-state index >= 15 is 0 Å². The minimum Gasteiger partial charge on any atom is -0.489 e. The summed E-state index contributed by atoms with van der Waals surface area (Å²) in [5, 5.41) is 2.88. The molecule has 1 saturated heterocycles. The van der Waals surface area contributed by atoms with E-state index in [4.69, 9.17) is 4.74 Å². The molecule has 25 heavy (non-hydrogen) atoms. The van der Waals surface area contributed by atoms with Crippen LogP contribution in [0.1, 0.15) is 24.8 Å². The fourth-order valence-electron chi connectivity index (χ4n) is 2.89. The fourth-order valence-corrected chi connectivity index (χ4v) is 4.28. The fraction of sp³-hybridized carbons (Fsp3) is 0.625.